The summed E-state index contributed by atoms with van der Waals surface area (Å²) in [6.45, 7) is 9.24. The van der Waals surface area contributed by atoms with Crippen LogP contribution in [0.3, 0.4) is 0 Å². The van der Waals surface area contributed by atoms with Gasteiger partial charge in [0, 0.05) is 54.1 Å². The molecule has 0 aromatic rings. The Labute approximate surface area is 167 Å². The highest BCUT2D eigenvalue weighted by molar-refractivity contribution is 6.33. The molecule has 2 heterocycles. The van der Waals surface area contributed by atoms with Gasteiger partial charge in [-0.25, -0.2) is 0 Å². The van der Waals surface area contributed by atoms with Gasteiger partial charge in [-0.05, 0) is 52.1 Å². The minimum atomic E-state index is 0.0627. The third-order valence-electron chi connectivity index (χ3n) is 4.98. The van der Waals surface area contributed by atoms with Gasteiger partial charge in [-0.3, -0.25) is 9.79 Å². The number of hydrogen-bond acceptors (Lipinski definition) is 3. The van der Waals surface area contributed by atoms with Crippen molar-refractivity contribution in [1.29, 1.82) is 0 Å². The molecule has 0 aromatic heterocycles. The fourth-order valence-corrected chi connectivity index (χ4v) is 3.61. The van der Waals surface area contributed by atoms with Crippen LogP contribution < -0.4 is 5.32 Å². The molecule has 1 amide bonds. The van der Waals surface area contributed by atoms with Crippen LogP contribution in [0.4, 0.5) is 0 Å². The van der Waals surface area contributed by atoms with Gasteiger partial charge < -0.3 is 15.1 Å². The normalized spacial score (nSPS) is 24.0. The predicted molar refractivity (Wildman–Crippen MR) is 114 cm³/mol. The van der Waals surface area contributed by atoms with Crippen molar-refractivity contribution < 1.29 is 4.79 Å². The summed E-state index contributed by atoms with van der Waals surface area (Å²) in [5.74, 6) is 0.796. The second kappa shape index (κ2) is 9.20. The number of nitrogens with one attached hydrogen (secondary N) is 1. The van der Waals surface area contributed by atoms with Crippen LogP contribution in [0.15, 0.2) is 63.3 Å². The lowest BCUT2D eigenvalue weighted by molar-refractivity contribution is -0.126. The third-order valence-corrected chi connectivity index (χ3v) is 5.17. The van der Waals surface area contributed by atoms with Crippen LogP contribution in [0.2, 0.25) is 0 Å². The molecule has 2 rings (SSSR count). The zero-order valence-electron chi connectivity index (χ0n) is 16.8. The summed E-state index contributed by atoms with van der Waals surface area (Å²) >= 11 is 6.32. The number of rotatable bonds is 5. The molecule has 2 aliphatic heterocycles. The fraction of sp³-hybridized carbons (Fsp3) is 0.429. The molecule has 0 saturated carbocycles. The molecule has 1 saturated heterocycles. The van der Waals surface area contributed by atoms with E-state index in [9.17, 15) is 4.79 Å². The molecule has 146 valence electrons. The summed E-state index contributed by atoms with van der Waals surface area (Å²) in [5.41, 5.74) is 3.19. The van der Waals surface area contributed by atoms with Crippen LogP contribution in [-0.4, -0.2) is 61.8 Å². The molecule has 2 aliphatic rings. The first-order valence-electron chi connectivity index (χ1n) is 9.10. The van der Waals surface area contributed by atoms with Gasteiger partial charge in [0.1, 0.15) is 5.84 Å². The van der Waals surface area contributed by atoms with Crippen molar-refractivity contribution in [3.05, 3.63) is 58.3 Å². The first kappa shape index (κ1) is 21.2. The third kappa shape index (κ3) is 4.79. The molecule has 1 atom stereocenters. The van der Waals surface area contributed by atoms with Gasteiger partial charge >= 0.3 is 0 Å². The SMILES string of the molecule is C=C(Cl)C(=C1/C=CNC1=NC)/C(/C=C(\C)C(=O)N1CCC(N(C)C)C1)=C/C. The van der Waals surface area contributed by atoms with Gasteiger partial charge in [0.15, 0.2) is 0 Å². The van der Waals surface area contributed by atoms with Crippen LogP contribution in [0, 0.1) is 0 Å². The maximum atomic E-state index is 12.9. The molecule has 1 unspecified atom stereocenters. The lowest BCUT2D eigenvalue weighted by Gasteiger charge is -2.21. The summed E-state index contributed by atoms with van der Waals surface area (Å²) in [5, 5.41) is 3.51. The number of carbonyl (C=O) groups is 1. The summed E-state index contributed by atoms with van der Waals surface area (Å²) in [4.78, 5) is 21.2. The fourth-order valence-electron chi connectivity index (χ4n) is 3.40. The van der Waals surface area contributed by atoms with E-state index in [2.05, 4.69) is 35.9 Å². The summed E-state index contributed by atoms with van der Waals surface area (Å²) in [6.07, 6.45) is 8.57. The number of amides is 1. The first-order chi connectivity index (χ1) is 12.8. The molecule has 0 aromatic carbocycles. The number of aliphatic imine (C=N–C) groups is 1. The summed E-state index contributed by atoms with van der Waals surface area (Å²) < 4.78 is 0. The van der Waals surface area contributed by atoms with Crippen molar-refractivity contribution in [2.24, 2.45) is 4.99 Å². The minimum absolute atomic E-state index is 0.0627. The highest BCUT2D eigenvalue weighted by Crippen LogP contribution is 2.30. The Morgan fingerprint density at radius 2 is 2.19 bits per heavy atom. The van der Waals surface area contributed by atoms with Crippen LogP contribution in [-0.2, 0) is 4.79 Å². The Kier molecular flexibility index (Phi) is 7.22. The Balaban J connectivity index is 2.31. The number of allylic oxidation sites excluding steroid dienone is 5. The second-order valence-corrected chi connectivity index (χ2v) is 7.43. The number of likely N-dealkylation sites (tertiary alicyclic amines) is 1. The van der Waals surface area contributed by atoms with Crippen LogP contribution in [0.25, 0.3) is 0 Å². The van der Waals surface area contributed by atoms with E-state index in [1.165, 1.54) is 0 Å². The van der Waals surface area contributed by atoms with E-state index in [0.29, 0.717) is 16.6 Å². The zero-order valence-corrected chi connectivity index (χ0v) is 17.6. The van der Waals surface area contributed by atoms with E-state index in [4.69, 9.17) is 11.6 Å². The van der Waals surface area contributed by atoms with Crippen LogP contribution >= 0.6 is 11.6 Å². The Morgan fingerprint density at radius 3 is 2.70 bits per heavy atom. The van der Waals surface area contributed by atoms with E-state index >= 15 is 0 Å². The molecule has 0 aliphatic carbocycles. The molecule has 27 heavy (non-hydrogen) atoms. The summed E-state index contributed by atoms with van der Waals surface area (Å²) in [7, 11) is 5.83. The second-order valence-electron chi connectivity index (χ2n) is 6.97. The maximum absolute atomic E-state index is 12.9. The zero-order chi connectivity index (χ0) is 20.1. The number of halogens is 1. The Hall–Kier alpha value is -2.11. The average molecular weight is 389 g/mol. The number of carbonyl (C=O) groups excluding carboxylic acids is 1. The molecular formula is C21H29ClN4O. The highest BCUT2D eigenvalue weighted by Gasteiger charge is 2.28. The number of likely N-dealkylation sites (N-methyl/N-ethyl adjacent to an activating group) is 1. The number of nitrogens with zero attached hydrogens (tertiary/aromatic N) is 3. The topological polar surface area (TPSA) is 47.9 Å². The standard InChI is InChI=1S/C21H29ClN4O/c1-7-16(19(15(3)22)18-8-10-24-20(18)23-4)12-14(2)21(27)26-11-9-17(13-26)25(5)6/h7-8,10,12,17H,3,9,11,13H2,1-2,4-6H3,(H,23,24)/b14-12+,16-7+,19-18+. The molecule has 6 heteroatoms. The highest BCUT2D eigenvalue weighted by atomic mass is 35.5. The van der Waals surface area contributed by atoms with Gasteiger partial charge in [-0.15, -0.1) is 0 Å². The monoisotopic (exact) mass is 388 g/mol. The van der Waals surface area contributed by atoms with Gasteiger partial charge in [-0.1, -0.05) is 24.3 Å². The van der Waals surface area contributed by atoms with Crippen LogP contribution in [0.1, 0.15) is 20.3 Å². The lowest BCUT2D eigenvalue weighted by Crippen LogP contribution is -2.34. The smallest absolute Gasteiger partial charge is 0.249 e. The Bertz CT molecular complexity index is 771. The lowest BCUT2D eigenvalue weighted by atomic mass is 9.97. The minimum Gasteiger partial charge on any atom is -0.346 e. The molecule has 0 bridgehead atoms. The quantitative estimate of drug-likeness (QED) is 0.581. The van der Waals surface area contributed by atoms with Gasteiger partial charge in [0.25, 0.3) is 0 Å². The Morgan fingerprint density at radius 1 is 1.48 bits per heavy atom. The predicted octanol–water partition coefficient (Wildman–Crippen LogP) is 3.24. The molecule has 5 nitrogen and oxygen atoms in total. The van der Waals surface area contributed by atoms with Crippen molar-refractivity contribution in [2.75, 3.05) is 34.2 Å². The van der Waals surface area contributed by atoms with E-state index in [1.54, 1.807) is 7.05 Å². The van der Waals surface area contributed by atoms with Gasteiger partial charge in [-0.2, -0.15) is 0 Å². The molecule has 1 fully saturated rings. The van der Waals surface area contributed by atoms with Crippen molar-refractivity contribution in [2.45, 2.75) is 26.3 Å². The number of hydrogen-bond donors (Lipinski definition) is 1. The van der Waals surface area contributed by atoms with Crippen molar-refractivity contribution in [1.82, 2.24) is 15.1 Å². The molecular weight excluding hydrogens is 360 g/mol. The summed E-state index contributed by atoms with van der Waals surface area (Å²) in [6, 6.07) is 0.418. The van der Waals surface area contributed by atoms with Crippen molar-refractivity contribution >= 4 is 23.3 Å². The van der Waals surface area contributed by atoms with Gasteiger partial charge in [0.2, 0.25) is 5.91 Å². The molecule has 0 radical (unpaired) electrons. The van der Waals surface area contributed by atoms with E-state index in [-0.39, 0.29) is 5.91 Å². The first-order valence-corrected chi connectivity index (χ1v) is 9.47. The molecule has 0 spiro atoms. The number of amidine groups is 1. The van der Waals surface area contributed by atoms with E-state index < -0.39 is 0 Å². The van der Waals surface area contributed by atoms with Gasteiger partial charge in [0.05, 0.1) is 0 Å². The van der Waals surface area contributed by atoms with E-state index in [1.807, 2.05) is 43.2 Å². The molecule has 1 N–H and O–H groups in total. The van der Waals surface area contributed by atoms with Crippen LogP contribution in [0.5, 0.6) is 0 Å². The maximum Gasteiger partial charge on any atom is 0.249 e. The average Bonchev–Trinajstić information content (AvgIpc) is 3.29. The van der Waals surface area contributed by atoms with Crippen molar-refractivity contribution in [3.63, 3.8) is 0 Å². The van der Waals surface area contributed by atoms with E-state index in [0.717, 1.165) is 42.1 Å². The van der Waals surface area contributed by atoms with Crippen molar-refractivity contribution in [3.8, 4) is 0 Å². The largest absolute Gasteiger partial charge is 0.346 e.